The van der Waals surface area contributed by atoms with Gasteiger partial charge in [0.15, 0.2) is 0 Å². The lowest BCUT2D eigenvalue weighted by Crippen LogP contribution is -2.48. The molecule has 1 aromatic rings. The van der Waals surface area contributed by atoms with Gasteiger partial charge in [0.1, 0.15) is 12.4 Å². The maximum atomic E-state index is 12.5. The number of hydrogen-bond donors (Lipinski definition) is 1. The van der Waals surface area contributed by atoms with Crippen molar-refractivity contribution in [3.8, 4) is 0 Å². The summed E-state index contributed by atoms with van der Waals surface area (Å²) in [5, 5.41) is 21.0. The first-order valence-corrected chi connectivity index (χ1v) is 7.70. The lowest BCUT2D eigenvalue weighted by atomic mass is 9.77. The van der Waals surface area contributed by atoms with Gasteiger partial charge in [0, 0.05) is 18.5 Å². The fraction of sp³-hybridized carbons (Fsp3) is 0.733. The molecular weight excluding hydrogens is 282 g/mol. The molecule has 1 amide bonds. The number of aryl methyl sites for hydroxylation is 1. The minimum absolute atomic E-state index is 0.00475. The first-order chi connectivity index (χ1) is 10.5. The van der Waals surface area contributed by atoms with E-state index in [1.54, 1.807) is 6.92 Å². The third kappa shape index (κ3) is 3.91. The molecule has 1 saturated heterocycles. The van der Waals surface area contributed by atoms with E-state index in [4.69, 9.17) is 0 Å². The van der Waals surface area contributed by atoms with Crippen molar-refractivity contribution in [3.05, 3.63) is 17.5 Å². The monoisotopic (exact) mass is 307 g/mol. The van der Waals surface area contributed by atoms with Gasteiger partial charge in [-0.15, -0.1) is 5.10 Å². The number of allylic oxidation sites excluding steroid dienone is 2. The summed E-state index contributed by atoms with van der Waals surface area (Å²) < 4.78 is 1.51. The van der Waals surface area contributed by atoms with E-state index < -0.39 is 0 Å². The van der Waals surface area contributed by atoms with Gasteiger partial charge in [0.2, 0.25) is 5.91 Å². The number of hydrogen-bond acceptors (Lipinski definition) is 5. The van der Waals surface area contributed by atoms with E-state index in [0.717, 1.165) is 25.8 Å². The molecule has 0 aliphatic carbocycles. The van der Waals surface area contributed by atoms with E-state index in [0.29, 0.717) is 12.4 Å². The number of piperidine rings is 1. The van der Waals surface area contributed by atoms with Gasteiger partial charge in [-0.25, -0.2) is 4.68 Å². The molecular formula is C15H25N5O2. The quantitative estimate of drug-likeness (QED) is 0.818. The predicted octanol–water partition coefficient (Wildman–Crippen LogP) is 0.939. The summed E-state index contributed by atoms with van der Waals surface area (Å²) in [5.41, 5.74) is 1.02. The maximum absolute atomic E-state index is 12.5. The summed E-state index contributed by atoms with van der Waals surface area (Å²) in [6.07, 6.45) is 4.81. The highest BCUT2D eigenvalue weighted by molar-refractivity contribution is 5.76. The first-order valence-electron chi connectivity index (χ1n) is 7.70. The fourth-order valence-electron chi connectivity index (χ4n) is 2.83. The van der Waals surface area contributed by atoms with Crippen LogP contribution < -0.4 is 0 Å². The van der Waals surface area contributed by atoms with Gasteiger partial charge in [-0.05, 0) is 50.5 Å². The Morgan fingerprint density at radius 3 is 2.82 bits per heavy atom. The van der Waals surface area contributed by atoms with Crippen molar-refractivity contribution in [2.45, 2.75) is 46.6 Å². The number of aromatic nitrogens is 4. The summed E-state index contributed by atoms with van der Waals surface area (Å²) in [6, 6.07) is 0. The summed E-state index contributed by atoms with van der Waals surface area (Å²) in [7, 11) is 0. The van der Waals surface area contributed by atoms with Gasteiger partial charge in [-0.2, -0.15) is 0 Å². The van der Waals surface area contributed by atoms with Crippen molar-refractivity contribution in [1.29, 1.82) is 0 Å². The van der Waals surface area contributed by atoms with Crippen LogP contribution in [0.4, 0.5) is 0 Å². The predicted molar refractivity (Wildman–Crippen MR) is 81.9 cm³/mol. The molecule has 1 atom stereocenters. The molecule has 2 heterocycles. The highest BCUT2D eigenvalue weighted by Crippen LogP contribution is 2.34. The molecule has 7 nitrogen and oxygen atoms in total. The summed E-state index contributed by atoms with van der Waals surface area (Å²) in [6.45, 7) is 7.46. The van der Waals surface area contributed by atoms with Crippen LogP contribution in [0, 0.1) is 12.3 Å². The zero-order chi connectivity index (χ0) is 16.2. The topological polar surface area (TPSA) is 84.1 Å². The van der Waals surface area contributed by atoms with Crippen LogP contribution in [0.25, 0.3) is 0 Å². The highest BCUT2D eigenvalue weighted by atomic mass is 16.3. The van der Waals surface area contributed by atoms with Crippen molar-refractivity contribution < 1.29 is 9.90 Å². The number of carbonyl (C=O) groups is 1. The second-order valence-electron chi connectivity index (χ2n) is 6.45. The Bertz CT molecular complexity index is 550. The number of tetrazole rings is 1. The van der Waals surface area contributed by atoms with Crippen LogP contribution in [-0.2, 0) is 11.3 Å². The van der Waals surface area contributed by atoms with Gasteiger partial charge in [-0.3, -0.25) is 4.79 Å². The lowest BCUT2D eigenvalue weighted by molar-refractivity contribution is -0.136. The van der Waals surface area contributed by atoms with Crippen LogP contribution >= 0.6 is 0 Å². The molecule has 2 rings (SSSR count). The molecule has 1 aromatic heterocycles. The molecule has 0 aromatic carbocycles. The Morgan fingerprint density at radius 1 is 1.45 bits per heavy atom. The van der Waals surface area contributed by atoms with Crippen molar-refractivity contribution >= 4 is 5.91 Å². The molecule has 1 aliphatic rings. The molecule has 1 aliphatic heterocycles. The van der Waals surface area contributed by atoms with E-state index in [9.17, 15) is 9.90 Å². The van der Waals surface area contributed by atoms with Gasteiger partial charge in [-0.1, -0.05) is 11.6 Å². The molecule has 0 bridgehead atoms. The van der Waals surface area contributed by atoms with Crippen LogP contribution in [-0.4, -0.2) is 55.8 Å². The van der Waals surface area contributed by atoms with E-state index in [-0.39, 0.29) is 24.5 Å². The number of amides is 1. The Labute approximate surface area is 131 Å². The van der Waals surface area contributed by atoms with E-state index >= 15 is 0 Å². The van der Waals surface area contributed by atoms with Crippen LogP contribution in [0.1, 0.15) is 38.9 Å². The van der Waals surface area contributed by atoms with E-state index in [1.165, 1.54) is 10.3 Å². The van der Waals surface area contributed by atoms with Gasteiger partial charge >= 0.3 is 0 Å². The Kier molecular flexibility index (Phi) is 5.28. The molecule has 7 heteroatoms. The number of likely N-dealkylation sites (tertiary alicyclic amines) is 1. The summed E-state index contributed by atoms with van der Waals surface area (Å²) in [4.78, 5) is 14.3. The number of aliphatic hydroxyl groups excluding tert-OH is 1. The molecule has 122 valence electrons. The number of nitrogens with zero attached hydrogens (tertiary/aromatic N) is 5. The molecule has 1 N–H and O–H groups in total. The third-order valence-electron chi connectivity index (χ3n) is 4.29. The van der Waals surface area contributed by atoms with E-state index in [1.807, 2.05) is 4.90 Å². The van der Waals surface area contributed by atoms with Gasteiger partial charge in [0.25, 0.3) is 0 Å². The molecule has 0 spiro atoms. The summed E-state index contributed by atoms with van der Waals surface area (Å²) in [5.74, 6) is 0.633. The minimum atomic E-state index is -0.221. The third-order valence-corrected chi connectivity index (χ3v) is 4.29. The molecule has 1 unspecified atom stereocenters. The zero-order valence-corrected chi connectivity index (χ0v) is 13.6. The van der Waals surface area contributed by atoms with Crippen LogP contribution in [0.5, 0.6) is 0 Å². The molecule has 1 fully saturated rings. The average molecular weight is 307 g/mol. The van der Waals surface area contributed by atoms with Crippen molar-refractivity contribution in [2.75, 3.05) is 19.7 Å². The van der Waals surface area contributed by atoms with Crippen molar-refractivity contribution in [2.24, 2.45) is 5.41 Å². The summed E-state index contributed by atoms with van der Waals surface area (Å²) >= 11 is 0. The van der Waals surface area contributed by atoms with Gasteiger partial charge in [0.05, 0.1) is 6.61 Å². The number of carbonyl (C=O) groups excluding carboxylic acids is 1. The van der Waals surface area contributed by atoms with Crippen LogP contribution in [0.2, 0.25) is 0 Å². The number of rotatable bonds is 5. The maximum Gasteiger partial charge on any atom is 0.244 e. The average Bonchev–Trinajstić information content (AvgIpc) is 2.90. The SMILES string of the molecule is CC(C)=CCC1(CO)CCCN(C(=O)Cn2nnnc2C)C1. The normalized spacial score (nSPS) is 21.7. The van der Waals surface area contributed by atoms with Crippen molar-refractivity contribution in [1.82, 2.24) is 25.1 Å². The lowest BCUT2D eigenvalue weighted by Gasteiger charge is -2.41. The van der Waals surface area contributed by atoms with Crippen LogP contribution in [0.3, 0.4) is 0 Å². The van der Waals surface area contributed by atoms with Gasteiger partial charge < -0.3 is 10.0 Å². The molecule has 0 radical (unpaired) electrons. The standard InChI is InChI=1S/C15H25N5O2/c1-12(2)5-7-15(11-21)6-4-8-19(10-15)14(22)9-20-13(3)16-17-18-20/h5,21H,4,6-11H2,1-3H3. The Morgan fingerprint density at radius 2 is 2.23 bits per heavy atom. The van der Waals surface area contributed by atoms with Crippen LogP contribution in [0.15, 0.2) is 11.6 Å². The minimum Gasteiger partial charge on any atom is -0.396 e. The second kappa shape index (κ2) is 7.00. The zero-order valence-electron chi connectivity index (χ0n) is 13.6. The first kappa shape index (κ1) is 16.6. The number of aliphatic hydroxyl groups is 1. The van der Waals surface area contributed by atoms with Crippen molar-refractivity contribution in [3.63, 3.8) is 0 Å². The molecule has 22 heavy (non-hydrogen) atoms. The Hall–Kier alpha value is -1.76. The highest BCUT2D eigenvalue weighted by Gasteiger charge is 2.36. The Balaban J connectivity index is 2.04. The largest absolute Gasteiger partial charge is 0.396 e. The fourth-order valence-corrected chi connectivity index (χ4v) is 2.83. The molecule has 0 saturated carbocycles. The van der Waals surface area contributed by atoms with E-state index in [2.05, 4.69) is 35.4 Å². The smallest absolute Gasteiger partial charge is 0.244 e. The second-order valence-corrected chi connectivity index (χ2v) is 6.45.